The number of benzene rings is 7. The molecule has 1 aliphatic carbocycles. The Morgan fingerprint density at radius 1 is 0.442 bits per heavy atom. The largest absolute Gasteiger partial charge is 0.488 e. The number of carboxylic acids is 1. The summed E-state index contributed by atoms with van der Waals surface area (Å²) in [5.41, 5.74) is 2.76. The van der Waals surface area contributed by atoms with E-state index in [9.17, 15) is 57.8 Å². The molecular weight excluding hydrogens is 1440 g/mol. The molecule has 600 valence electrons. The Balaban J connectivity index is 1.00. The molecule has 0 radical (unpaired) electrons. The number of rotatable bonds is 37. The first-order valence-corrected chi connectivity index (χ1v) is 38.5. The Labute approximate surface area is 662 Å². The SMILES string of the molecule is CC[C@H](C)[C@H](NC(=O)[C@H](Cc1ccccc1)NC(=O)[C@H](C)NC(=O)C(C)(C)NC(=O)[C@H](CCC(=O)NC(c1ccccc1)(c1ccccc1)c1ccccc1)NC(=O)OCC1c2ccccc2-c2ccccc21)C(=O)N[C@@H](CCC(=O)OC(C)(C)C)C(=O)N[C@@H](Cc1ccc(OC(C)(C)C)cc1)C(=O)N[C@@H](CC(C)C)C(=O)O. The van der Waals surface area contributed by atoms with Gasteiger partial charge in [0.1, 0.15) is 76.9 Å². The second kappa shape index (κ2) is 39.5. The highest BCUT2D eigenvalue weighted by atomic mass is 16.6. The van der Waals surface area contributed by atoms with Crippen molar-refractivity contribution in [1.29, 1.82) is 0 Å². The summed E-state index contributed by atoms with van der Waals surface area (Å²) in [4.78, 5) is 158. The van der Waals surface area contributed by atoms with Gasteiger partial charge in [0.25, 0.3) is 0 Å². The van der Waals surface area contributed by atoms with E-state index in [0.29, 0.717) is 23.3 Å². The number of hydrogen-bond donors (Lipinski definition) is 10. The molecule has 0 bridgehead atoms. The van der Waals surface area contributed by atoms with Gasteiger partial charge in [0.15, 0.2) is 0 Å². The highest BCUT2D eigenvalue weighted by Crippen LogP contribution is 2.45. The number of fused-ring (bicyclic) bond motifs is 3. The lowest BCUT2D eigenvalue weighted by molar-refractivity contribution is -0.155. The third-order valence-electron chi connectivity index (χ3n) is 19.4. The fourth-order valence-corrected chi connectivity index (χ4v) is 13.5. The number of aliphatic carboxylic acids is 1. The minimum absolute atomic E-state index is 0.0649. The van der Waals surface area contributed by atoms with Crippen molar-refractivity contribution in [2.75, 3.05) is 6.61 Å². The standard InChI is InChI=1S/C89H109N9O15/c1-14-56(4)76(82(106)91-69(48-50-75(100)113-87(9,10)11)78(102)93-71(79(103)94-73(83(107)108)51-55(2)3)53-59-43-45-63(46-44-59)112-86(6,7)8)96-80(104)72(52-58-31-19-15-20-32-58)92-77(101)57(5)90-84(109)88(12,13)98-81(105)70(95-85(110)111-54-68-66-41-29-27-39-64(66)65-40-28-30-42-67(65)68)47-49-74(99)97-89(60-33-21-16-22-34-60,61-35-23-17-24-36-61)62-37-25-18-26-38-62/h15-46,55-57,68-73,76H,14,47-54H2,1-13H3,(H,90,109)(H,91,106)(H,92,101)(H,93,102)(H,94,103)(H,95,110)(H,96,104)(H,97,99)(H,98,105)(H,107,108)/t56-,57-,69-,70-,71-,72-,73-,76-/m0/s1. The van der Waals surface area contributed by atoms with Gasteiger partial charge in [0.05, 0.1) is 0 Å². The zero-order valence-corrected chi connectivity index (χ0v) is 66.8. The summed E-state index contributed by atoms with van der Waals surface area (Å²) >= 11 is 0. The molecule has 0 heterocycles. The van der Waals surface area contributed by atoms with Crippen molar-refractivity contribution in [3.8, 4) is 16.9 Å². The molecule has 7 aromatic carbocycles. The summed E-state index contributed by atoms with van der Waals surface area (Å²) in [5.74, 6) is -9.18. The summed E-state index contributed by atoms with van der Waals surface area (Å²) in [6.07, 6.45) is -2.26. The van der Waals surface area contributed by atoms with Gasteiger partial charge in [0.2, 0.25) is 47.3 Å². The van der Waals surface area contributed by atoms with Gasteiger partial charge in [0, 0.05) is 31.6 Å². The van der Waals surface area contributed by atoms with Crippen molar-refractivity contribution in [3.63, 3.8) is 0 Å². The Morgan fingerprint density at radius 2 is 0.885 bits per heavy atom. The van der Waals surface area contributed by atoms with Crippen LogP contribution in [-0.2, 0) is 75.8 Å². The summed E-state index contributed by atoms with van der Waals surface area (Å²) < 4.78 is 17.5. The molecule has 0 aliphatic heterocycles. The number of carbonyl (C=O) groups excluding carboxylic acids is 10. The first-order chi connectivity index (χ1) is 53.5. The monoisotopic (exact) mass is 1540 g/mol. The third kappa shape index (κ3) is 24.9. The number of esters is 1. The van der Waals surface area contributed by atoms with E-state index < -0.39 is 142 Å². The van der Waals surface area contributed by atoms with E-state index in [1.54, 1.807) is 103 Å². The van der Waals surface area contributed by atoms with Crippen LogP contribution in [0.2, 0.25) is 0 Å². The van der Waals surface area contributed by atoms with E-state index in [0.717, 1.165) is 38.9 Å². The third-order valence-corrected chi connectivity index (χ3v) is 19.4. The fraction of sp³-hybridized carbons (Fsp3) is 0.404. The zero-order chi connectivity index (χ0) is 82.4. The highest BCUT2D eigenvalue weighted by molar-refractivity contribution is 5.99. The van der Waals surface area contributed by atoms with Crippen LogP contribution in [0.25, 0.3) is 11.1 Å². The first kappa shape index (κ1) is 86.9. The lowest BCUT2D eigenvalue weighted by Crippen LogP contribution is -2.62. The van der Waals surface area contributed by atoms with Gasteiger partial charge >= 0.3 is 18.0 Å². The number of amides is 9. The fourth-order valence-electron chi connectivity index (χ4n) is 13.5. The van der Waals surface area contributed by atoms with Crippen molar-refractivity contribution >= 4 is 65.3 Å². The second-order valence-corrected chi connectivity index (χ2v) is 31.7. The zero-order valence-electron chi connectivity index (χ0n) is 66.8. The molecule has 0 aromatic heterocycles. The van der Waals surface area contributed by atoms with Crippen LogP contribution in [0.15, 0.2) is 194 Å². The number of carbonyl (C=O) groups is 11. The summed E-state index contributed by atoms with van der Waals surface area (Å²) in [5, 5.41) is 35.1. The highest BCUT2D eigenvalue weighted by Gasteiger charge is 2.42. The van der Waals surface area contributed by atoms with Crippen molar-refractivity contribution in [2.45, 2.75) is 212 Å². The Hall–Kier alpha value is -11.7. The number of nitrogens with one attached hydrogen (secondary N) is 9. The Morgan fingerprint density at radius 3 is 1.38 bits per heavy atom. The molecule has 8 rings (SSSR count). The lowest BCUT2D eigenvalue weighted by atomic mass is 9.77. The molecule has 113 heavy (non-hydrogen) atoms. The van der Waals surface area contributed by atoms with Gasteiger partial charge in [-0.3, -0.25) is 43.2 Å². The molecule has 24 heteroatoms. The van der Waals surface area contributed by atoms with Crippen LogP contribution >= 0.6 is 0 Å². The van der Waals surface area contributed by atoms with Crippen molar-refractivity contribution < 1.29 is 72.1 Å². The Bertz CT molecular complexity index is 4290. The predicted molar refractivity (Wildman–Crippen MR) is 430 cm³/mol. The minimum Gasteiger partial charge on any atom is -0.488 e. The van der Waals surface area contributed by atoms with Crippen molar-refractivity contribution in [1.82, 2.24) is 47.9 Å². The lowest BCUT2D eigenvalue weighted by Gasteiger charge is -2.37. The molecule has 0 fully saturated rings. The smallest absolute Gasteiger partial charge is 0.407 e. The Kier molecular flexibility index (Phi) is 30.4. The van der Waals surface area contributed by atoms with Crippen LogP contribution in [-0.4, -0.2) is 136 Å². The average Bonchev–Trinajstić information content (AvgIpc) is 0.914. The van der Waals surface area contributed by atoms with Gasteiger partial charge < -0.3 is 67.2 Å². The summed E-state index contributed by atoms with van der Waals surface area (Å²) in [7, 11) is 0. The molecule has 7 aromatic rings. The van der Waals surface area contributed by atoms with E-state index in [-0.39, 0.29) is 57.0 Å². The minimum atomic E-state index is -1.84. The van der Waals surface area contributed by atoms with Crippen LogP contribution in [0, 0.1) is 11.8 Å². The molecule has 1 aliphatic rings. The average molecular weight is 1540 g/mol. The van der Waals surface area contributed by atoms with Crippen LogP contribution in [0.1, 0.15) is 173 Å². The van der Waals surface area contributed by atoms with Crippen molar-refractivity contribution in [2.24, 2.45) is 11.8 Å². The maximum atomic E-state index is 15.0. The molecule has 0 saturated carbocycles. The van der Waals surface area contributed by atoms with Crippen LogP contribution in [0.3, 0.4) is 0 Å². The molecule has 9 amide bonds. The normalized spacial score (nSPS) is 14.2. The maximum Gasteiger partial charge on any atom is 0.407 e. The van der Waals surface area contributed by atoms with Gasteiger partial charge in [-0.1, -0.05) is 216 Å². The van der Waals surface area contributed by atoms with Crippen LogP contribution in [0.4, 0.5) is 4.79 Å². The van der Waals surface area contributed by atoms with E-state index >= 15 is 0 Å². The van der Waals surface area contributed by atoms with E-state index in [4.69, 9.17) is 14.2 Å². The molecule has 24 nitrogen and oxygen atoms in total. The molecule has 8 atom stereocenters. The van der Waals surface area contributed by atoms with E-state index in [2.05, 4.69) is 47.9 Å². The number of alkyl carbamates (subject to hydrolysis) is 1. The number of carboxylic acid groups (broad SMARTS) is 1. The van der Waals surface area contributed by atoms with E-state index in [1.807, 2.05) is 160 Å². The summed E-state index contributed by atoms with van der Waals surface area (Å²) in [6, 6.07) is 49.3. The van der Waals surface area contributed by atoms with Crippen LogP contribution in [0.5, 0.6) is 5.75 Å². The van der Waals surface area contributed by atoms with Gasteiger partial charge in [-0.2, -0.15) is 0 Å². The molecule has 0 spiro atoms. The molecular formula is C89H109N9O15. The maximum absolute atomic E-state index is 15.0. The first-order valence-electron chi connectivity index (χ1n) is 38.5. The van der Waals surface area contributed by atoms with Gasteiger partial charge in [-0.25, -0.2) is 9.59 Å². The predicted octanol–water partition coefficient (Wildman–Crippen LogP) is 10.6. The van der Waals surface area contributed by atoms with Crippen LogP contribution < -0.4 is 52.6 Å². The second-order valence-electron chi connectivity index (χ2n) is 31.7. The topological polar surface area (TPSA) is 344 Å². The van der Waals surface area contributed by atoms with E-state index in [1.165, 1.54) is 20.8 Å². The van der Waals surface area contributed by atoms with Gasteiger partial charge in [-0.15, -0.1) is 0 Å². The quantitative estimate of drug-likeness (QED) is 0.0128. The molecule has 0 saturated heterocycles. The number of ether oxygens (including phenoxy) is 3. The number of hydrogen-bond acceptors (Lipinski definition) is 14. The van der Waals surface area contributed by atoms with Gasteiger partial charge in [-0.05, 0) is 156 Å². The summed E-state index contributed by atoms with van der Waals surface area (Å²) in [6.45, 7) is 21.7. The molecule has 0 unspecified atom stereocenters. The van der Waals surface area contributed by atoms with Crippen molar-refractivity contribution in [3.05, 3.63) is 233 Å². The molecule has 10 N–H and O–H groups in total.